The van der Waals surface area contributed by atoms with Gasteiger partial charge in [-0.1, -0.05) is 55.3 Å². The van der Waals surface area contributed by atoms with Crippen molar-refractivity contribution in [2.24, 2.45) is 0 Å². The Labute approximate surface area is 190 Å². The van der Waals surface area contributed by atoms with Gasteiger partial charge < -0.3 is 9.64 Å². The van der Waals surface area contributed by atoms with Gasteiger partial charge in [0.25, 0.3) is 5.91 Å². The molecular weight excluding hydrogens is 426 g/mol. The first-order chi connectivity index (χ1) is 15.2. The van der Waals surface area contributed by atoms with E-state index in [-0.39, 0.29) is 23.6 Å². The highest BCUT2D eigenvalue weighted by Gasteiger charge is 2.54. The van der Waals surface area contributed by atoms with E-state index < -0.39 is 27.2 Å². The number of sulfone groups is 1. The van der Waals surface area contributed by atoms with Gasteiger partial charge in [-0.05, 0) is 56.4 Å². The van der Waals surface area contributed by atoms with Gasteiger partial charge in [0.1, 0.15) is 0 Å². The van der Waals surface area contributed by atoms with Gasteiger partial charge in [-0.25, -0.2) is 8.42 Å². The maximum atomic E-state index is 13.7. The van der Waals surface area contributed by atoms with E-state index in [1.165, 1.54) is 0 Å². The summed E-state index contributed by atoms with van der Waals surface area (Å²) < 4.78 is 31.0. The molecule has 7 heteroatoms. The maximum Gasteiger partial charge on any atom is 0.328 e. The Kier molecular flexibility index (Phi) is 7.39. The quantitative estimate of drug-likeness (QED) is 0.560. The number of esters is 1. The molecule has 1 aliphatic rings. The molecule has 0 atom stereocenters. The fraction of sp³-hybridized carbons (Fsp3) is 0.440. The van der Waals surface area contributed by atoms with Crippen molar-refractivity contribution < 1.29 is 22.7 Å². The van der Waals surface area contributed by atoms with Crippen molar-refractivity contribution in [2.45, 2.75) is 62.6 Å². The molecule has 172 valence electrons. The first-order valence-electron chi connectivity index (χ1n) is 11.0. The van der Waals surface area contributed by atoms with Crippen LogP contribution in [0.4, 0.5) is 0 Å². The van der Waals surface area contributed by atoms with Crippen LogP contribution < -0.4 is 0 Å². The molecule has 0 aromatic heterocycles. The Morgan fingerprint density at radius 2 is 1.69 bits per heavy atom. The zero-order valence-electron chi connectivity index (χ0n) is 19.0. The summed E-state index contributed by atoms with van der Waals surface area (Å²) in [5.41, 5.74) is 2.38. The molecule has 0 N–H and O–H groups in total. The molecule has 0 saturated heterocycles. The summed E-state index contributed by atoms with van der Waals surface area (Å²) in [6.07, 6.45) is 1.67. The van der Waals surface area contributed by atoms with Crippen LogP contribution in [-0.4, -0.2) is 43.1 Å². The molecule has 2 aromatic carbocycles. The highest BCUT2D eigenvalue weighted by molar-refractivity contribution is 7.93. The molecule has 0 unspecified atom stereocenters. The van der Waals surface area contributed by atoms with Crippen LogP contribution in [-0.2, 0) is 30.7 Å². The number of carbonyl (C=O) groups excluding carboxylic acids is 2. The number of likely N-dealkylation sites (N-methyl/N-ethyl adjacent to an activating group) is 1. The molecule has 1 fully saturated rings. The van der Waals surface area contributed by atoms with Crippen molar-refractivity contribution in [3.63, 3.8) is 0 Å². The monoisotopic (exact) mass is 457 g/mol. The largest absolute Gasteiger partial charge is 0.454 e. The summed E-state index contributed by atoms with van der Waals surface area (Å²) in [7, 11) is -3.97. The van der Waals surface area contributed by atoms with Crippen molar-refractivity contribution in [3.05, 3.63) is 65.2 Å². The van der Waals surface area contributed by atoms with E-state index in [1.54, 1.807) is 24.0 Å². The molecule has 0 heterocycles. The number of hydrogen-bond donors (Lipinski definition) is 0. The highest BCUT2D eigenvalue weighted by atomic mass is 32.2. The molecule has 1 amide bonds. The minimum atomic E-state index is -3.97. The average molecular weight is 458 g/mol. The van der Waals surface area contributed by atoms with Crippen molar-refractivity contribution in [1.82, 2.24) is 4.90 Å². The minimum Gasteiger partial charge on any atom is -0.454 e. The third-order valence-corrected chi connectivity index (χ3v) is 8.83. The summed E-state index contributed by atoms with van der Waals surface area (Å²) in [6.45, 7) is 5.79. The van der Waals surface area contributed by atoms with Crippen LogP contribution >= 0.6 is 0 Å². The number of nitrogens with zero attached hydrogens (tertiary/aromatic N) is 1. The van der Waals surface area contributed by atoms with E-state index in [4.69, 9.17) is 4.74 Å². The lowest BCUT2D eigenvalue weighted by atomic mass is 10.1. The lowest BCUT2D eigenvalue weighted by Gasteiger charge is -2.28. The van der Waals surface area contributed by atoms with Crippen LogP contribution in [0.5, 0.6) is 0 Å². The molecule has 0 radical (unpaired) electrons. The van der Waals surface area contributed by atoms with Crippen LogP contribution in [0.2, 0.25) is 0 Å². The summed E-state index contributed by atoms with van der Waals surface area (Å²) in [5.74, 6) is -1.16. The van der Waals surface area contributed by atoms with E-state index in [2.05, 4.69) is 0 Å². The number of hydrogen-bond acceptors (Lipinski definition) is 5. The Bertz CT molecular complexity index is 1070. The highest BCUT2D eigenvalue weighted by Crippen LogP contribution is 2.42. The molecule has 1 saturated carbocycles. The van der Waals surface area contributed by atoms with Crippen LogP contribution in [0.1, 0.15) is 49.3 Å². The average Bonchev–Trinajstić information content (AvgIpc) is 3.30. The van der Waals surface area contributed by atoms with Crippen LogP contribution in [0.15, 0.2) is 53.4 Å². The fourth-order valence-electron chi connectivity index (χ4n) is 4.27. The maximum absolute atomic E-state index is 13.7. The minimum absolute atomic E-state index is 0.168. The second-order valence-electron chi connectivity index (χ2n) is 8.44. The Morgan fingerprint density at radius 3 is 2.31 bits per heavy atom. The molecule has 0 aliphatic heterocycles. The molecule has 32 heavy (non-hydrogen) atoms. The molecular formula is C25H31NO5S. The smallest absolute Gasteiger partial charge is 0.328 e. The Hall–Kier alpha value is -2.67. The van der Waals surface area contributed by atoms with Gasteiger partial charge in [0.15, 0.2) is 21.2 Å². The van der Waals surface area contributed by atoms with Crippen LogP contribution in [0, 0.1) is 13.8 Å². The lowest BCUT2D eigenvalue weighted by Crippen LogP contribution is -2.46. The van der Waals surface area contributed by atoms with E-state index in [0.29, 0.717) is 31.5 Å². The summed E-state index contributed by atoms with van der Waals surface area (Å²) >= 11 is 0. The van der Waals surface area contributed by atoms with Crippen molar-refractivity contribution in [2.75, 3.05) is 13.2 Å². The number of ether oxygens (including phenoxy) is 1. The van der Waals surface area contributed by atoms with Gasteiger partial charge in [0.05, 0.1) is 4.90 Å². The number of amides is 1. The Balaban J connectivity index is 1.78. The number of rotatable bonds is 8. The third kappa shape index (κ3) is 4.72. The summed E-state index contributed by atoms with van der Waals surface area (Å²) in [6, 6.07) is 14.8. The zero-order valence-corrected chi connectivity index (χ0v) is 19.8. The van der Waals surface area contributed by atoms with E-state index in [1.807, 2.05) is 50.2 Å². The van der Waals surface area contributed by atoms with Gasteiger partial charge in [-0.15, -0.1) is 0 Å². The van der Waals surface area contributed by atoms with E-state index in [0.717, 1.165) is 11.1 Å². The number of benzene rings is 2. The number of aryl methyl sites for hydroxylation is 2. The standard InChI is InChI=1S/C25H31NO5S/c1-4-26(17-21-10-6-5-7-11-21)23(27)18-31-24(28)25(14-8-9-15-25)32(29,30)22-16-19(2)12-13-20(22)3/h5-7,10-13,16H,4,8-9,14-15,17-18H2,1-3H3. The Morgan fingerprint density at radius 1 is 1.03 bits per heavy atom. The SMILES string of the molecule is CCN(Cc1ccccc1)C(=O)COC(=O)C1(S(=O)(=O)c2cc(C)ccc2C)CCCC1. The second kappa shape index (κ2) is 9.86. The summed E-state index contributed by atoms with van der Waals surface area (Å²) in [5, 5.41) is 0. The lowest BCUT2D eigenvalue weighted by molar-refractivity contribution is -0.154. The van der Waals surface area contributed by atoms with Crippen molar-refractivity contribution in [1.29, 1.82) is 0 Å². The van der Waals surface area contributed by atoms with E-state index in [9.17, 15) is 18.0 Å². The predicted octanol–water partition coefficient (Wildman–Crippen LogP) is 3.98. The molecule has 3 rings (SSSR count). The first kappa shape index (κ1) is 24.0. The molecule has 6 nitrogen and oxygen atoms in total. The first-order valence-corrected chi connectivity index (χ1v) is 12.5. The van der Waals surface area contributed by atoms with Gasteiger partial charge in [-0.3, -0.25) is 9.59 Å². The second-order valence-corrected chi connectivity index (χ2v) is 10.7. The van der Waals surface area contributed by atoms with Crippen molar-refractivity contribution in [3.8, 4) is 0 Å². The predicted molar refractivity (Wildman–Crippen MR) is 123 cm³/mol. The van der Waals surface area contributed by atoms with E-state index >= 15 is 0 Å². The third-order valence-electron chi connectivity index (χ3n) is 6.21. The summed E-state index contributed by atoms with van der Waals surface area (Å²) in [4.78, 5) is 27.7. The van der Waals surface area contributed by atoms with Gasteiger partial charge >= 0.3 is 5.97 Å². The van der Waals surface area contributed by atoms with Gasteiger partial charge in [0, 0.05) is 13.1 Å². The molecule has 2 aromatic rings. The van der Waals surface area contributed by atoms with Crippen LogP contribution in [0.25, 0.3) is 0 Å². The normalized spacial score (nSPS) is 15.3. The fourth-order valence-corrected chi connectivity index (χ4v) is 6.62. The van der Waals surface area contributed by atoms with Crippen molar-refractivity contribution >= 4 is 21.7 Å². The van der Waals surface area contributed by atoms with Crippen LogP contribution in [0.3, 0.4) is 0 Å². The molecule has 0 bridgehead atoms. The molecule has 1 aliphatic carbocycles. The number of carbonyl (C=O) groups is 2. The van der Waals surface area contributed by atoms with Gasteiger partial charge in [-0.2, -0.15) is 0 Å². The molecule has 0 spiro atoms. The van der Waals surface area contributed by atoms with Gasteiger partial charge in [0.2, 0.25) is 0 Å². The zero-order chi connectivity index (χ0) is 23.4. The topological polar surface area (TPSA) is 80.8 Å².